The van der Waals surface area contributed by atoms with Gasteiger partial charge in [0.05, 0.1) is 11.3 Å². The van der Waals surface area contributed by atoms with Gasteiger partial charge in [-0.3, -0.25) is 0 Å². The second-order valence-electron chi connectivity index (χ2n) is 4.46. The number of rotatable bonds is 3. The van der Waals surface area contributed by atoms with Crippen LogP contribution in [0.2, 0.25) is 0 Å². The number of anilines is 1. The van der Waals surface area contributed by atoms with Gasteiger partial charge in [-0.2, -0.15) is 5.10 Å². The van der Waals surface area contributed by atoms with Crippen LogP contribution in [0.4, 0.5) is 5.82 Å². The van der Waals surface area contributed by atoms with Crippen LogP contribution in [0.5, 0.6) is 0 Å². The molecular weight excluding hydrogens is 220 g/mol. The first-order valence-corrected chi connectivity index (χ1v) is 5.81. The first kappa shape index (κ1) is 11.3. The molecule has 1 aromatic rings. The van der Waals surface area contributed by atoms with Crippen molar-refractivity contribution >= 4 is 23.0 Å². The van der Waals surface area contributed by atoms with Crippen molar-refractivity contribution in [1.82, 2.24) is 10.2 Å². The van der Waals surface area contributed by atoms with Crippen molar-refractivity contribution in [3.8, 4) is 0 Å². The molecule has 2 unspecified atom stereocenters. The van der Waals surface area contributed by atoms with Crippen molar-refractivity contribution < 1.29 is 0 Å². The van der Waals surface area contributed by atoms with E-state index in [4.69, 9.17) is 18.0 Å². The van der Waals surface area contributed by atoms with E-state index in [-0.39, 0.29) is 0 Å². The molecule has 2 rings (SSSR count). The quantitative estimate of drug-likeness (QED) is 0.780. The molecule has 0 aliphatic heterocycles. The highest BCUT2D eigenvalue weighted by atomic mass is 32.1. The molecule has 2 atom stereocenters. The van der Waals surface area contributed by atoms with E-state index in [1.807, 2.05) is 13.8 Å². The average Bonchev–Trinajstić information content (AvgIpc) is 2.88. The van der Waals surface area contributed by atoms with Crippen molar-refractivity contribution in [1.29, 1.82) is 0 Å². The molecular formula is C11H16N4S. The summed E-state index contributed by atoms with van der Waals surface area (Å²) in [5.41, 5.74) is 8.46. The van der Waals surface area contributed by atoms with Crippen LogP contribution in [-0.2, 0) is 0 Å². The minimum Gasteiger partial charge on any atom is -0.389 e. The SMILES string of the molecule is Cc1nnc(NC2CC2C)c(C(N)=S)c1C. The van der Waals surface area contributed by atoms with Gasteiger partial charge in [0.2, 0.25) is 0 Å². The maximum absolute atomic E-state index is 5.74. The molecule has 0 bridgehead atoms. The van der Waals surface area contributed by atoms with Gasteiger partial charge in [0.15, 0.2) is 5.82 Å². The third-order valence-corrected chi connectivity index (χ3v) is 3.34. The minimum atomic E-state index is 0.381. The number of aryl methyl sites for hydroxylation is 1. The molecule has 0 spiro atoms. The number of nitrogens with zero attached hydrogens (tertiary/aromatic N) is 2. The van der Waals surface area contributed by atoms with Gasteiger partial charge in [-0.25, -0.2) is 0 Å². The molecule has 16 heavy (non-hydrogen) atoms. The Hall–Kier alpha value is -1.23. The van der Waals surface area contributed by atoms with Gasteiger partial charge in [-0.15, -0.1) is 5.10 Å². The molecule has 1 aliphatic rings. The predicted molar refractivity (Wildman–Crippen MR) is 68.6 cm³/mol. The van der Waals surface area contributed by atoms with Crippen molar-refractivity contribution in [2.45, 2.75) is 33.2 Å². The number of aromatic nitrogens is 2. The Morgan fingerprint density at radius 1 is 1.44 bits per heavy atom. The van der Waals surface area contributed by atoms with E-state index >= 15 is 0 Å². The molecule has 1 aliphatic carbocycles. The zero-order valence-corrected chi connectivity index (χ0v) is 10.6. The summed E-state index contributed by atoms with van der Waals surface area (Å²) in [6, 6.07) is 0.490. The van der Waals surface area contributed by atoms with Crippen LogP contribution in [0.3, 0.4) is 0 Å². The monoisotopic (exact) mass is 236 g/mol. The van der Waals surface area contributed by atoms with Gasteiger partial charge in [0.25, 0.3) is 0 Å². The zero-order chi connectivity index (χ0) is 11.9. The summed E-state index contributed by atoms with van der Waals surface area (Å²) in [5.74, 6) is 1.42. The summed E-state index contributed by atoms with van der Waals surface area (Å²) in [6.07, 6.45) is 1.17. The molecule has 0 saturated heterocycles. The molecule has 1 heterocycles. The van der Waals surface area contributed by atoms with Crippen molar-refractivity contribution in [2.24, 2.45) is 11.7 Å². The molecule has 1 aromatic heterocycles. The van der Waals surface area contributed by atoms with Crippen molar-refractivity contribution in [3.05, 3.63) is 16.8 Å². The van der Waals surface area contributed by atoms with Crippen LogP contribution in [0, 0.1) is 19.8 Å². The largest absolute Gasteiger partial charge is 0.389 e. The minimum absolute atomic E-state index is 0.381. The number of hydrogen-bond acceptors (Lipinski definition) is 4. The third-order valence-electron chi connectivity index (χ3n) is 3.13. The number of nitrogens with one attached hydrogen (secondary N) is 1. The van der Waals surface area contributed by atoms with Crippen LogP contribution in [-0.4, -0.2) is 21.2 Å². The van der Waals surface area contributed by atoms with Crippen LogP contribution < -0.4 is 11.1 Å². The van der Waals surface area contributed by atoms with Gasteiger partial charge in [0.1, 0.15) is 4.99 Å². The van der Waals surface area contributed by atoms with Gasteiger partial charge in [-0.05, 0) is 31.7 Å². The standard InChI is InChI=1S/C11H16N4S/c1-5-4-8(5)13-11-9(10(12)16)6(2)7(3)14-15-11/h5,8H,4H2,1-3H3,(H2,12,16)(H,13,15). The lowest BCUT2D eigenvalue weighted by molar-refractivity contribution is 0.898. The van der Waals surface area contributed by atoms with E-state index in [0.717, 1.165) is 22.6 Å². The van der Waals surface area contributed by atoms with Crippen molar-refractivity contribution in [2.75, 3.05) is 5.32 Å². The van der Waals surface area contributed by atoms with Gasteiger partial charge in [-0.1, -0.05) is 19.1 Å². The first-order chi connectivity index (χ1) is 7.50. The maximum Gasteiger partial charge on any atom is 0.159 e. The fraction of sp³-hybridized carbons (Fsp3) is 0.545. The Morgan fingerprint density at radius 2 is 2.06 bits per heavy atom. The highest BCUT2D eigenvalue weighted by Gasteiger charge is 2.33. The lowest BCUT2D eigenvalue weighted by Crippen LogP contribution is -2.19. The van der Waals surface area contributed by atoms with Gasteiger partial charge >= 0.3 is 0 Å². The fourth-order valence-corrected chi connectivity index (χ4v) is 1.96. The second-order valence-corrected chi connectivity index (χ2v) is 4.90. The van der Waals surface area contributed by atoms with E-state index in [2.05, 4.69) is 22.4 Å². The molecule has 3 N–H and O–H groups in total. The lowest BCUT2D eigenvalue weighted by atomic mass is 10.1. The van der Waals surface area contributed by atoms with Crippen LogP contribution >= 0.6 is 12.2 Å². The summed E-state index contributed by atoms with van der Waals surface area (Å²) in [4.78, 5) is 0.381. The summed E-state index contributed by atoms with van der Waals surface area (Å²) in [5, 5.41) is 11.6. The normalized spacial score (nSPS) is 22.9. The summed E-state index contributed by atoms with van der Waals surface area (Å²) >= 11 is 5.07. The molecule has 86 valence electrons. The molecule has 5 heteroatoms. The Balaban J connectivity index is 2.36. The molecule has 4 nitrogen and oxygen atoms in total. The average molecular weight is 236 g/mol. The highest BCUT2D eigenvalue weighted by Crippen LogP contribution is 2.33. The summed E-state index contributed by atoms with van der Waals surface area (Å²) < 4.78 is 0. The van der Waals surface area contributed by atoms with Gasteiger partial charge in [0, 0.05) is 6.04 Å². The van der Waals surface area contributed by atoms with Crippen LogP contribution in [0.15, 0.2) is 0 Å². The van der Waals surface area contributed by atoms with E-state index in [1.165, 1.54) is 6.42 Å². The second kappa shape index (κ2) is 3.97. The van der Waals surface area contributed by atoms with Crippen molar-refractivity contribution in [3.63, 3.8) is 0 Å². The smallest absolute Gasteiger partial charge is 0.159 e. The Labute approximate surface area is 101 Å². The molecule has 0 amide bonds. The Morgan fingerprint density at radius 3 is 2.56 bits per heavy atom. The van der Waals surface area contributed by atoms with Gasteiger partial charge < -0.3 is 11.1 Å². The Bertz CT molecular complexity index is 444. The van der Waals surface area contributed by atoms with Crippen LogP contribution in [0.1, 0.15) is 30.2 Å². The van der Waals surface area contributed by atoms with E-state index in [9.17, 15) is 0 Å². The van der Waals surface area contributed by atoms with E-state index in [1.54, 1.807) is 0 Å². The molecule has 1 saturated carbocycles. The molecule has 0 radical (unpaired) electrons. The topological polar surface area (TPSA) is 63.8 Å². The fourth-order valence-electron chi connectivity index (χ4n) is 1.71. The molecule has 1 fully saturated rings. The molecule has 0 aromatic carbocycles. The summed E-state index contributed by atoms with van der Waals surface area (Å²) in [7, 11) is 0. The number of hydrogen-bond donors (Lipinski definition) is 2. The number of nitrogens with two attached hydrogens (primary N) is 1. The predicted octanol–water partition coefficient (Wildman–Crippen LogP) is 1.55. The zero-order valence-electron chi connectivity index (χ0n) is 9.74. The summed E-state index contributed by atoms with van der Waals surface area (Å²) in [6.45, 7) is 6.08. The van der Waals surface area contributed by atoms with E-state index in [0.29, 0.717) is 16.9 Å². The van der Waals surface area contributed by atoms with Crippen LogP contribution in [0.25, 0.3) is 0 Å². The lowest BCUT2D eigenvalue weighted by Gasteiger charge is -2.12. The third kappa shape index (κ3) is 2.00. The Kier molecular flexibility index (Phi) is 2.80. The van der Waals surface area contributed by atoms with E-state index < -0.39 is 0 Å². The number of thiocarbonyl (C=S) groups is 1. The maximum atomic E-state index is 5.74. The highest BCUT2D eigenvalue weighted by molar-refractivity contribution is 7.80. The first-order valence-electron chi connectivity index (χ1n) is 5.41.